The van der Waals surface area contributed by atoms with Gasteiger partial charge in [-0.3, -0.25) is 0 Å². The normalized spacial score (nSPS) is 13.2. The van der Waals surface area contributed by atoms with Crippen LogP contribution in [0.2, 0.25) is 5.28 Å². The van der Waals surface area contributed by atoms with E-state index in [0.29, 0.717) is 25.3 Å². The monoisotopic (exact) mass is 518 g/mol. The summed E-state index contributed by atoms with van der Waals surface area (Å²) < 4.78 is 27.4. The van der Waals surface area contributed by atoms with Gasteiger partial charge in [0.15, 0.2) is 0 Å². The van der Waals surface area contributed by atoms with E-state index in [1.807, 2.05) is 20.8 Å². The van der Waals surface area contributed by atoms with Crippen molar-refractivity contribution in [3.8, 4) is 5.88 Å². The zero-order chi connectivity index (χ0) is 21.2. The second-order valence-corrected chi connectivity index (χ2v) is 10.8. The van der Waals surface area contributed by atoms with E-state index in [-0.39, 0.29) is 17.7 Å². The van der Waals surface area contributed by atoms with Gasteiger partial charge in [0.1, 0.15) is 32.1 Å². The summed E-state index contributed by atoms with van der Waals surface area (Å²) in [4.78, 5) is 21.0. The molecule has 3 heterocycles. The summed E-state index contributed by atoms with van der Waals surface area (Å²) >= 11 is 9.25. The maximum atomic E-state index is 12.2. The number of nitrogens with one attached hydrogen (secondary N) is 1. The van der Waals surface area contributed by atoms with E-state index in [1.54, 1.807) is 12.1 Å². The lowest BCUT2D eigenvalue weighted by Gasteiger charge is -2.17. The highest BCUT2D eigenvalue weighted by Gasteiger charge is 2.26. The molecule has 3 aromatic heterocycles. The topological polar surface area (TPSA) is 113 Å². The van der Waals surface area contributed by atoms with Crippen LogP contribution in [0.4, 0.5) is 4.79 Å². The largest absolute Gasteiger partial charge is 0.591 e. The van der Waals surface area contributed by atoms with E-state index in [2.05, 4.69) is 35.6 Å². The molecule has 0 bridgehead atoms. The molecular weight excluding hydrogens is 504 g/mol. The molecule has 0 aromatic carbocycles. The van der Waals surface area contributed by atoms with Crippen molar-refractivity contribution in [2.75, 3.05) is 0 Å². The summed E-state index contributed by atoms with van der Waals surface area (Å²) in [6.07, 6.45) is 2.28. The van der Waals surface area contributed by atoms with Crippen LogP contribution < -0.4 is 10.1 Å². The Balaban J connectivity index is 1.84. The highest BCUT2D eigenvalue weighted by atomic mass is 79.9. The minimum absolute atomic E-state index is 0.0132. The zero-order valence-electron chi connectivity index (χ0n) is 15.6. The molecule has 3 rings (SSSR count). The number of thiophene rings is 1. The lowest BCUT2D eigenvalue weighted by Crippen LogP contribution is -2.26. The van der Waals surface area contributed by atoms with E-state index >= 15 is 0 Å². The first kappa shape index (κ1) is 22.0. The quantitative estimate of drug-likeness (QED) is 0.292. The molecule has 0 fully saturated rings. The van der Waals surface area contributed by atoms with Crippen LogP contribution in [0.1, 0.15) is 31.4 Å². The van der Waals surface area contributed by atoms with Gasteiger partial charge in [0.05, 0.1) is 28.4 Å². The van der Waals surface area contributed by atoms with Crippen LogP contribution in [-0.2, 0) is 17.9 Å². The number of nitrogens with zero attached hydrogens (tertiary/aromatic N) is 3. The fraction of sp³-hybridized carbons (Fsp3) is 0.294. The molecule has 1 amide bonds. The number of furan rings is 1. The van der Waals surface area contributed by atoms with E-state index in [9.17, 15) is 9.35 Å². The highest BCUT2D eigenvalue weighted by Crippen LogP contribution is 2.38. The number of rotatable bonds is 5. The van der Waals surface area contributed by atoms with Gasteiger partial charge in [-0.05, 0) is 60.4 Å². The smallest absolute Gasteiger partial charge is 0.414 e. The number of fused-ring (bicyclic) bond motifs is 1. The first-order valence-corrected chi connectivity index (χ1v) is 11.3. The van der Waals surface area contributed by atoms with Crippen molar-refractivity contribution in [3.05, 3.63) is 38.8 Å². The van der Waals surface area contributed by atoms with Crippen LogP contribution in [-0.4, -0.2) is 31.6 Å². The maximum Gasteiger partial charge on any atom is 0.414 e. The molecule has 0 spiro atoms. The summed E-state index contributed by atoms with van der Waals surface area (Å²) in [5.74, 6) is 0.594. The number of hydrogen-bond donors (Lipinski definition) is 1. The van der Waals surface area contributed by atoms with Gasteiger partial charge in [-0.2, -0.15) is 4.98 Å². The second-order valence-electron chi connectivity index (χ2n) is 6.67. The van der Waals surface area contributed by atoms with E-state index in [0.717, 1.165) is 0 Å². The molecule has 0 saturated heterocycles. The summed E-state index contributed by atoms with van der Waals surface area (Å²) in [5, 5.41) is 2.49. The lowest BCUT2D eigenvalue weighted by atomic mass is 10.3. The molecule has 3 aromatic rings. The van der Waals surface area contributed by atoms with Crippen LogP contribution in [0.25, 0.3) is 10.2 Å². The number of aromatic nitrogens is 2. The SMILES string of the molecule is CC(C)(C)[S@@+]([O-])/N=C/c1sc2c(OC(=O)NCc3ccco3)nc(Cl)nc2c1Br. The highest BCUT2D eigenvalue weighted by molar-refractivity contribution is 9.10. The summed E-state index contributed by atoms with van der Waals surface area (Å²) in [5.41, 5.74) is 0.465. The molecule has 0 aliphatic heterocycles. The van der Waals surface area contributed by atoms with Crippen molar-refractivity contribution in [2.24, 2.45) is 4.40 Å². The van der Waals surface area contributed by atoms with Crippen molar-refractivity contribution in [2.45, 2.75) is 32.1 Å². The molecular formula is C17H16BrClN4O4S2. The van der Waals surface area contributed by atoms with Gasteiger partial charge < -0.3 is 19.0 Å². The molecule has 0 radical (unpaired) electrons. The fourth-order valence-corrected chi connectivity index (χ4v) is 4.46. The maximum absolute atomic E-state index is 12.2. The van der Waals surface area contributed by atoms with Crippen LogP contribution >= 0.6 is 38.9 Å². The second kappa shape index (κ2) is 9.00. The van der Waals surface area contributed by atoms with Gasteiger partial charge in [-0.25, -0.2) is 9.78 Å². The Morgan fingerprint density at radius 3 is 2.93 bits per heavy atom. The Hall–Kier alpha value is -1.66. The Morgan fingerprint density at radius 1 is 1.52 bits per heavy atom. The van der Waals surface area contributed by atoms with Crippen molar-refractivity contribution >= 4 is 72.8 Å². The van der Waals surface area contributed by atoms with Crippen molar-refractivity contribution in [1.29, 1.82) is 0 Å². The third-order valence-corrected chi connectivity index (χ3v) is 7.09. The minimum atomic E-state index is -1.42. The summed E-state index contributed by atoms with van der Waals surface area (Å²) in [7, 11) is 0. The Labute approximate surface area is 187 Å². The predicted molar refractivity (Wildman–Crippen MR) is 117 cm³/mol. The average molecular weight is 520 g/mol. The van der Waals surface area contributed by atoms with Crippen molar-refractivity contribution in [1.82, 2.24) is 15.3 Å². The number of carbonyl (C=O) groups is 1. The standard InChI is InChI=1S/C17H16BrClN4O4S2/c1-17(2,3)29(25)21-8-10-11(18)12-13(28-10)14(23-15(19)22-12)27-16(24)20-7-9-5-4-6-26-9/h4-6,8H,7H2,1-3H3,(H,20,24)/b21-8+/t29-/m1/s1. The molecule has 29 heavy (non-hydrogen) atoms. The average Bonchev–Trinajstić information content (AvgIpc) is 3.26. The Kier molecular flexibility index (Phi) is 6.84. The molecule has 0 saturated carbocycles. The van der Waals surface area contributed by atoms with E-state index in [1.165, 1.54) is 23.8 Å². The predicted octanol–water partition coefficient (Wildman–Crippen LogP) is 4.87. The van der Waals surface area contributed by atoms with Gasteiger partial charge in [-0.15, -0.1) is 11.3 Å². The Morgan fingerprint density at radius 2 is 2.28 bits per heavy atom. The first-order chi connectivity index (χ1) is 13.6. The molecule has 12 heteroatoms. The Bertz CT molecular complexity index is 1050. The number of halogens is 2. The number of hydrogen-bond acceptors (Lipinski definition) is 8. The molecule has 0 unspecified atom stereocenters. The van der Waals surface area contributed by atoms with Crippen LogP contribution in [0.15, 0.2) is 31.7 Å². The fourth-order valence-electron chi connectivity index (χ4n) is 2.02. The molecule has 1 N–H and O–H groups in total. The molecule has 1 atom stereocenters. The lowest BCUT2D eigenvalue weighted by molar-refractivity contribution is 0.198. The van der Waals surface area contributed by atoms with E-state index in [4.69, 9.17) is 20.8 Å². The number of amides is 1. The van der Waals surface area contributed by atoms with Gasteiger partial charge in [0.2, 0.25) is 11.2 Å². The summed E-state index contributed by atoms with van der Waals surface area (Å²) in [6.45, 7) is 5.66. The van der Waals surface area contributed by atoms with Crippen molar-refractivity contribution in [3.63, 3.8) is 0 Å². The molecule has 154 valence electrons. The third-order valence-electron chi connectivity index (χ3n) is 3.41. The van der Waals surface area contributed by atoms with Gasteiger partial charge in [0, 0.05) is 0 Å². The van der Waals surface area contributed by atoms with Crippen LogP contribution in [0, 0.1) is 0 Å². The molecule has 0 aliphatic carbocycles. The number of carbonyl (C=O) groups excluding carboxylic acids is 1. The van der Waals surface area contributed by atoms with Crippen LogP contribution in [0.5, 0.6) is 5.88 Å². The van der Waals surface area contributed by atoms with Gasteiger partial charge in [0.25, 0.3) is 0 Å². The van der Waals surface area contributed by atoms with E-state index < -0.39 is 22.2 Å². The zero-order valence-corrected chi connectivity index (χ0v) is 19.5. The molecule has 0 aliphatic rings. The summed E-state index contributed by atoms with van der Waals surface area (Å²) in [6, 6.07) is 3.44. The van der Waals surface area contributed by atoms with Crippen molar-refractivity contribution < 1.29 is 18.5 Å². The third kappa shape index (κ3) is 5.48. The minimum Gasteiger partial charge on any atom is -0.591 e. The first-order valence-electron chi connectivity index (χ1n) is 8.25. The van der Waals surface area contributed by atoms with Crippen LogP contribution in [0.3, 0.4) is 0 Å². The number of ether oxygens (including phenoxy) is 1. The molecule has 8 nitrogen and oxygen atoms in total. The van der Waals surface area contributed by atoms with Gasteiger partial charge in [-0.1, -0.05) is 4.40 Å². The van der Waals surface area contributed by atoms with Gasteiger partial charge >= 0.3 is 6.09 Å².